The molecule has 4 aromatic rings. The molecule has 1 aromatic heterocycles. The Hall–Kier alpha value is -4.67. The van der Waals surface area contributed by atoms with Crippen molar-refractivity contribution < 1.29 is 19.2 Å². The first-order valence-electron chi connectivity index (χ1n) is 12.6. The third kappa shape index (κ3) is 8.92. The molecule has 4 rings (SSSR count). The van der Waals surface area contributed by atoms with E-state index in [0.29, 0.717) is 22.6 Å². The summed E-state index contributed by atoms with van der Waals surface area (Å²) in [4.78, 5) is 50.8. The van der Waals surface area contributed by atoms with Crippen molar-refractivity contribution in [3.63, 3.8) is 0 Å². The zero-order chi connectivity index (χ0) is 29.2. The fraction of sp³-hybridized carbons (Fsp3) is 0.0968. The summed E-state index contributed by atoms with van der Waals surface area (Å²) in [5, 5.41) is 14.5. The quantitative estimate of drug-likeness (QED) is 0.130. The fourth-order valence-corrected chi connectivity index (χ4v) is 5.20. The average Bonchev–Trinajstić information content (AvgIpc) is 3.47. The van der Waals surface area contributed by atoms with Gasteiger partial charge in [-0.3, -0.25) is 19.2 Å². The lowest BCUT2D eigenvalue weighted by molar-refractivity contribution is -0.115. The first-order valence-corrected chi connectivity index (χ1v) is 14.5. The van der Waals surface area contributed by atoms with Gasteiger partial charge in [0.05, 0.1) is 5.25 Å². The van der Waals surface area contributed by atoms with Gasteiger partial charge in [0.15, 0.2) is 0 Å². The van der Waals surface area contributed by atoms with E-state index < -0.39 is 17.1 Å². The molecule has 1 atom stereocenters. The zero-order valence-corrected chi connectivity index (χ0v) is 24.0. The molecule has 4 N–H and O–H groups in total. The molecule has 8 nitrogen and oxygen atoms in total. The summed E-state index contributed by atoms with van der Waals surface area (Å²) in [5.41, 5.74) is 3.11. The second-order valence-corrected chi connectivity index (χ2v) is 11.1. The van der Waals surface area contributed by atoms with E-state index in [2.05, 4.69) is 21.3 Å². The van der Waals surface area contributed by atoms with Gasteiger partial charge in [0.2, 0.25) is 11.8 Å². The van der Waals surface area contributed by atoms with Crippen LogP contribution in [0.4, 0.5) is 17.1 Å². The van der Waals surface area contributed by atoms with Crippen LogP contribution < -0.4 is 21.3 Å². The second kappa shape index (κ2) is 14.1. The maximum absolute atomic E-state index is 13.2. The molecular formula is C31H28N4O4S2. The lowest BCUT2D eigenvalue weighted by Crippen LogP contribution is -2.30. The minimum atomic E-state index is -0.476. The lowest BCUT2D eigenvalue weighted by Gasteiger charge is -2.14. The average molecular weight is 585 g/mol. The van der Waals surface area contributed by atoms with E-state index in [1.54, 1.807) is 79.7 Å². The smallest absolute Gasteiger partial charge is 0.272 e. The highest BCUT2D eigenvalue weighted by Gasteiger charge is 2.17. The summed E-state index contributed by atoms with van der Waals surface area (Å²) in [6.45, 7) is 3.22. The SMILES string of the molecule is CC(=O)Nc1ccc(NC(=O)C(C)Sc2cccc(NC(=O)/C(=C/c3ccsc3)NC(=O)c3ccccc3)c2)cc1. The molecule has 0 saturated carbocycles. The molecule has 0 spiro atoms. The summed E-state index contributed by atoms with van der Waals surface area (Å²) >= 11 is 2.83. The number of thiophene rings is 1. The van der Waals surface area contributed by atoms with Crippen LogP contribution in [0.2, 0.25) is 0 Å². The molecule has 1 unspecified atom stereocenters. The van der Waals surface area contributed by atoms with Crippen LogP contribution in [0.25, 0.3) is 6.08 Å². The molecule has 1 heterocycles. The molecule has 0 aliphatic carbocycles. The Bertz CT molecular complexity index is 1550. The van der Waals surface area contributed by atoms with Crippen LogP contribution >= 0.6 is 23.1 Å². The lowest BCUT2D eigenvalue weighted by atomic mass is 10.2. The van der Waals surface area contributed by atoms with Gasteiger partial charge in [-0.1, -0.05) is 24.3 Å². The first kappa shape index (κ1) is 29.3. The van der Waals surface area contributed by atoms with Crippen molar-refractivity contribution in [2.45, 2.75) is 24.0 Å². The third-order valence-corrected chi connectivity index (χ3v) is 7.42. The summed E-state index contributed by atoms with van der Waals surface area (Å²) in [7, 11) is 0. The Labute approximate surface area is 246 Å². The third-order valence-electron chi connectivity index (χ3n) is 5.63. The van der Waals surface area contributed by atoms with E-state index in [9.17, 15) is 19.2 Å². The van der Waals surface area contributed by atoms with Crippen molar-refractivity contribution in [2.24, 2.45) is 0 Å². The Morgan fingerprint density at radius 1 is 0.805 bits per heavy atom. The van der Waals surface area contributed by atoms with Gasteiger partial charge in [0, 0.05) is 34.4 Å². The number of rotatable bonds is 10. The number of amides is 4. The van der Waals surface area contributed by atoms with E-state index in [4.69, 9.17) is 0 Å². The molecule has 0 aliphatic rings. The highest BCUT2D eigenvalue weighted by Crippen LogP contribution is 2.27. The Morgan fingerprint density at radius 2 is 1.51 bits per heavy atom. The Balaban J connectivity index is 1.40. The minimum absolute atomic E-state index is 0.104. The first-order chi connectivity index (χ1) is 19.8. The molecular weight excluding hydrogens is 556 g/mol. The number of thioether (sulfide) groups is 1. The predicted molar refractivity (Wildman–Crippen MR) is 166 cm³/mol. The van der Waals surface area contributed by atoms with Crippen molar-refractivity contribution in [3.05, 3.63) is 113 Å². The van der Waals surface area contributed by atoms with Gasteiger partial charge in [0.25, 0.3) is 11.8 Å². The van der Waals surface area contributed by atoms with Crippen molar-refractivity contribution in [1.82, 2.24) is 5.32 Å². The van der Waals surface area contributed by atoms with E-state index >= 15 is 0 Å². The molecule has 41 heavy (non-hydrogen) atoms. The van der Waals surface area contributed by atoms with Gasteiger partial charge in [-0.15, -0.1) is 11.8 Å². The number of benzene rings is 3. The molecule has 0 aliphatic heterocycles. The summed E-state index contributed by atoms with van der Waals surface area (Å²) < 4.78 is 0. The van der Waals surface area contributed by atoms with Crippen molar-refractivity contribution >= 4 is 69.9 Å². The van der Waals surface area contributed by atoms with Crippen molar-refractivity contribution in [3.8, 4) is 0 Å². The van der Waals surface area contributed by atoms with Gasteiger partial charge in [-0.25, -0.2) is 0 Å². The number of carbonyl (C=O) groups is 4. The maximum Gasteiger partial charge on any atom is 0.272 e. The largest absolute Gasteiger partial charge is 0.326 e. The van der Waals surface area contributed by atoms with E-state index in [0.717, 1.165) is 10.5 Å². The number of anilines is 3. The van der Waals surface area contributed by atoms with Crippen LogP contribution in [0.1, 0.15) is 29.8 Å². The minimum Gasteiger partial charge on any atom is -0.326 e. The molecule has 0 saturated heterocycles. The maximum atomic E-state index is 13.2. The Morgan fingerprint density at radius 3 is 2.17 bits per heavy atom. The topological polar surface area (TPSA) is 116 Å². The van der Waals surface area contributed by atoms with Gasteiger partial charge in [-0.05, 0) is 90.0 Å². The van der Waals surface area contributed by atoms with E-state index in [1.165, 1.54) is 30.0 Å². The zero-order valence-electron chi connectivity index (χ0n) is 22.3. The van der Waals surface area contributed by atoms with Crippen molar-refractivity contribution in [2.75, 3.05) is 16.0 Å². The van der Waals surface area contributed by atoms with E-state index in [-0.39, 0.29) is 17.5 Å². The summed E-state index contributed by atoms with van der Waals surface area (Å²) in [6, 6.07) is 24.5. The fourth-order valence-electron chi connectivity index (χ4n) is 3.65. The number of hydrogen-bond donors (Lipinski definition) is 4. The molecule has 0 bridgehead atoms. The highest BCUT2D eigenvalue weighted by molar-refractivity contribution is 8.00. The second-order valence-electron chi connectivity index (χ2n) is 8.92. The van der Waals surface area contributed by atoms with Crippen LogP contribution in [0.5, 0.6) is 0 Å². The van der Waals surface area contributed by atoms with Crippen molar-refractivity contribution in [1.29, 1.82) is 0 Å². The van der Waals surface area contributed by atoms with Crippen LogP contribution in [-0.2, 0) is 14.4 Å². The van der Waals surface area contributed by atoms with Crippen LogP contribution in [-0.4, -0.2) is 28.9 Å². The molecule has 208 valence electrons. The number of nitrogens with one attached hydrogen (secondary N) is 4. The molecule has 3 aromatic carbocycles. The predicted octanol–water partition coefficient (Wildman–Crippen LogP) is 6.24. The normalized spacial score (nSPS) is 11.7. The molecule has 4 amide bonds. The van der Waals surface area contributed by atoms with Gasteiger partial charge in [0.1, 0.15) is 5.70 Å². The van der Waals surface area contributed by atoms with Gasteiger partial charge >= 0.3 is 0 Å². The van der Waals surface area contributed by atoms with E-state index in [1.807, 2.05) is 29.0 Å². The summed E-state index contributed by atoms with van der Waals surface area (Å²) in [6.07, 6.45) is 1.63. The van der Waals surface area contributed by atoms with Crippen LogP contribution in [0.15, 0.2) is 106 Å². The number of hydrogen-bond acceptors (Lipinski definition) is 6. The molecule has 10 heteroatoms. The standard InChI is InChI=1S/C31H28N4O4S2/c1-20(29(37)33-25-13-11-24(12-14-25)32-21(2)36)41-27-10-6-9-26(18-27)34-31(39)28(17-22-15-16-40-19-22)35-30(38)23-7-4-3-5-8-23/h3-20H,1-2H3,(H,32,36)(H,33,37)(H,34,39)(H,35,38)/b28-17-. The number of carbonyl (C=O) groups excluding carboxylic acids is 4. The van der Waals surface area contributed by atoms with Gasteiger partial charge in [-0.2, -0.15) is 11.3 Å². The van der Waals surface area contributed by atoms with Crippen LogP contribution in [0, 0.1) is 0 Å². The monoisotopic (exact) mass is 584 g/mol. The Kier molecular flexibility index (Phi) is 10.1. The summed E-state index contributed by atoms with van der Waals surface area (Å²) in [5.74, 6) is -1.23. The van der Waals surface area contributed by atoms with Crippen LogP contribution in [0.3, 0.4) is 0 Å². The molecule has 0 fully saturated rings. The highest BCUT2D eigenvalue weighted by atomic mass is 32.2. The molecule has 0 radical (unpaired) electrons. The van der Waals surface area contributed by atoms with Gasteiger partial charge < -0.3 is 21.3 Å².